The predicted molar refractivity (Wildman–Crippen MR) is 85.6 cm³/mol. The largest absolute Gasteiger partial charge is 0.497 e. The number of ether oxygens (including phenoxy) is 1. The van der Waals surface area contributed by atoms with Crippen LogP contribution in [0.25, 0.3) is 0 Å². The van der Waals surface area contributed by atoms with Gasteiger partial charge in [-0.25, -0.2) is 0 Å². The van der Waals surface area contributed by atoms with Gasteiger partial charge in [0.05, 0.1) is 12.8 Å². The number of rotatable bonds is 3. The van der Waals surface area contributed by atoms with Crippen LogP contribution in [0.3, 0.4) is 0 Å². The van der Waals surface area contributed by atoms with Gasteiger partial charge in [-0.1, -0.05) is 12.1 Å². The Hall–Kier alpha value is -1.81. The average molecular weight is 286 g/mol. The molecule has 0 fully saturated rings. The van der Waals surface area contributed by atoms with Crippen molar-refractivity contribution in [3.05, 3.63) is 48.0 Å². The molecule has 0 spiro atoms. The molecule has 2 N–H and O–H groups in total. The van der Waals surface area contributed by atoms with Gasteiger partial charge in [-0.2, -0.15) is 0 Å². The van der Waals surface area contributed by atoms with Crippen molar-refractivity contribution in [2.75, 3.05) is 30.0 Å². The summed E-state index contributed by atoms with van der Waals surface area (Å²) in [6.07, 6.45) is 0. The van der Waals surface area contributed by atoms with Gasteiger partial charge >= 0.3 is 0 Å². The molecule has 0 unspecified atom stereocenters. The first-order valence-electron chi connectivity index (χ1n) is 6.66. The Balaban J connectivity index is 1.83. The molecule has 20 heavy (non-hydrogen) atoms. The molecular weight excluding hydrogens is 268 g/mol. The van der Waals surface area contributed by atoms with Crippen LogP contribution >= 0.6 is 11.8 Å². The third-order valence-corrected chi connectivity index (χ3v) is 4.52. The molecule has 1 heterocycles. The van der Waals surface area contributed by atoms with Crippen LogP contribution in [-0.2, 0) is 6.54 Å². The van der Waals surface area contributed by atoms with E-state index in [1.165, 1.54) is 16.1 Å². The lowest BCUT2D eigenvalue weighted by Crippen LogP contribution is -2.28. The highest BCUT2D eigenvalue weighted by Crippen LogP contribution is 2.36. The molecule has 2 aromatic rings. The Morgan fingerprint density at radius 2 is 2.00 bits per heavy atom. The van der Waals surface area contributed by atoms with E-state index in [0.29, 0.717) is 0 Å². The van der Waals surface area contributed by atoms with Crippen molar-refractivity contribution < 1.29 is 4.74 Å². The molecule has 0 aromatic heterocycles. The zero-order valence-electron chi connectivity index (χ0n) is 11.5. The van der Waals surface area contributed by atoms with E-state index in [9.17, 15) is 0 Å². The van der Waals surface area contributed by atoms with Crippen LogP contribution < -0.4 is 15.4 Å². The van der Waals surface area contributed by atoms with Crippen molar-refractivity contribution in [2.24, 2.45) is 0 Å². The summed E-state index contributed by atoms with van der Waals surface area (Å²) in [4.78, 5) is 3.71. The molecule has 104 valence electrons. The molecule has 4 heteroatoms. The van der Waals surface area contributed by atoms with Crippen LogP contribution in [0.5, 0.6) is 5.75 Å². The van der Waals surface area contributed by atoms with E-state index < -0.39 is 0 Å². The molecule has 3 nitrogen and oxygen atoms in total. The first kappa shape index (κ1) is 13.2. The fraction of sp³-hybridized carbons (Fsp3) is 0.250. The monoisotopic (exact) mass is 286 g/mol. The highest BCUT2D eigenvalue weighted by atomic mass is 32.2. The van der Waals surface area contributed by atoms with Gasteiger partial charge in [0, 0.05) is 29.4 Å². The van der Waals surface area contributed by atoms with Crippen molar-refractivity contribution in [2.45, 2.75) is 11.4 Å². The van der Waals surface area contributed by atoms with Crippen molar-refractivity contribution in [3.63, 3.8) is 0 Å². The summed E-state index contributed by atoms with van der Waals surface area (Å²) in [5.74, 6) is 2.01. The maximum absolute atomic E-state index is 5.92. The van der Waals surface area contributed by atoms with E-state index in [1.807, 2.05) is 30.0 Å². The smallest absolute Gasteiger partial charge is 0.118 e. The Labute approximate surface area is 123 Å². The Kier molecular flexibility index (Phi) is 3.74. The summed E-state index contributed by atoms with van der Waals surface area (Å²) in [6, 6.07) is 14.4. The van der Waals surface area contributed by atoms with Gasteiger partial charge in [-0.15, -0.1) is 11.8 Å². The second-order valence-corrected chi connectivity index (χ2v) is 5.98. The predicted octanol–water partition coefficient (Wildman–Crippen LogP) is 3.39. The lowest BCUT2D eigenvalue weighted by molar-refractivity contribution is 0.414. The zero-order valence-corrected chi connectivity index (χ0v) is 12.3. The molecule has 0 saturated carbocycles. The second-order valence-electron chi connectivity index (χ2n) is 4.85. The number of hydrogen-bond acceptors (Lipinski definition) is 4. The van der Waals surface area contributed by atoms with Crippen LogP contribution in [0.2, 0.25) is 0 Å². The molecule has 0 aliphatic carbocycles. The molecule has 0 bridgehead atoms. The first-order valence-corrected chi connectivity index (χ1v) is 7.65. The summed E-state index contributed by atoms with van der Waals surface area (Å²) in [5, 5.41) is 0. The van der Waals surface area contributed by atoms with Gasteiger partial charge in [0.2, 0.25) is 0 Å². The van der Waals surface area contributed by atoms with Gasteiger partial charge in [0.25, 0.3) is 0 Å². The Bertz CT molecular complexity index is 598. The number of fused-ring (bicyclic) bond motifs is 1. The number of anilines is 2. The molecule has 0 radical (unpaired) electrons. The average Bonchev–Trinajstić information content (AvgIpc) is 2.49. The summed E-state index contributed by atoms with van der Waals surface area (Å²) in [5.41, 5.74) is 9.28. The highest BCUT2D eigenvalue weighted by Gasteiger charge is 2.17. The lowest BCUT2D eigenvalue weighted by Gasteiger charge is -2.31. The maximum Gasteiger partial charge on any atom is 0.118 e. The van der Waals surface area contributed by atoms with E-state index in [2.05, 4.69) is 29.2 Å². The molecule has 3 rings (SSSR count). The van der Waals surface area contributed by atoms with Crippen LogP contribution in [0, 0.1) is 0 Å². The zero-order chi connectivity index (χ0) is 13.9. The summed E-state index contributed by atoms with van der Waals surface area (Å²) in [6.45, 7) is 1.95. The number of thioether (sulfide) groups is 1. The van der Waals surface area contributed by atoms with E-state index in [0.717, 1.165) is 30.3 Å². The molecule has 0 amide bonds. The van der Waals surface area contributed by atoms with Crippen molar-refractivity contribution in [1.29, 1.82) is 0 Å². The number of nitrogens with zero attached hydrogens (tertiary/aromatic N) is 1. The highest BCUT2D eigenvalue weighted by molar-refractivity contribution is 7.99. The minimum Gasteiger partial charge on any atom is -0.497 e. The fourth-order valence-corrected chi connectivity index (χ4v) is 3.44. The van der Waals surface area contributed by atoms with E-state index >= 15 is 0 Å². The van der Waals surface area contributed by atoms with Crippen LogP contribution in [0.15, 0.2) is 47.4 Å². The van der Waals surface area contributed by atoms with Crippen molar-refractivity contribution in [1.82, 2.24) is 0 Å². The third-order valence-electron chi connectivity index (χ3n) is 3.47. The van der Waals surface area contributed by atoms with Crippen molar-refractivity contribution >= 4 is 23.1 Å². The number of methoxy groups -OCH3 is 1. The quantitative estimate of drug-likeness (QED) is 0.878. The van der Waals surface area contributed by atoms with E-state index in [4.69, 9.17) is 10.5 Å². The molecule has 0 atom stereocenters. The third kappa shape index (κ3) is 2.70. The standard InChI is InChI=1S/C16H18N2OS/c1-19-14-5-2-12(3-6-14)11-18-8-9-20-16-7-4-13(17)10-15(16)18/h2-7,10H,8-9,11,17H2,1H3. The van der Waals surface area contributed by atoms with Crippen LogP contribution in [0.1, 0.15) is 5.56 Å². The van der Waals surface area contributed by atoms with Gasteiger partial charge in [-0.05, 0) is 35.9 Å². The lowest BCUT2D eigenvalue weighted by atomic mass is 10.1. The summed E-state index contributed by atoms with van der Waals surface area (Å²) >= 11 is 1.90. The molecule has 1 aliphatic heterocycles. The molecule has 0 saturated heterocycles. The summed E-state index contributed by atoms with van der Waals surface area (Å²) < 4.78 is 5.20. The SMILES string of the molecule is COc1ccc(CN2CCSc3ccc(N)cc32)cc1. The number of benzene rings is 2. The summed E-state index contributed by atoms with van der Waals surface area (Å²) in [7, 11) is 1.69. The Morgan fingerprint density at radius 1 is 1.20 bits per heavy atom. The van der Waals surface area contributed by atoms with Crippen molar-refractivity contribution in [3.8, 4) is 5.75 Å². The Morgan fingerprint density at radius 3 is 2.75 bits per heavy atom. The molecule has 2 aromatic carbocycles. The number of nitrogen functional groups attached to an aromatic ring is 1. The topological polar surface area (TPSA) is 38.5 Å². The fourth-order valence-electron chi connectivity index (χ4n) is 2.41. The van der Waals surface area contributed by atoms with Gasteiger partial charge in [0.15, 0.2) is 0 Å². The molecule has 1 aliphatic rings. The van der Waals surface area contributed by atoms with Crippen LogP contribution in [-0.4, -0.2) is 19.4 Å². The molecular formula is C16H18N2OS. The van der Waals surface area contributed by atoms with Gasteiger partial charge in [-0.3, -0.25) is 0 Å². The minimum atomic E-state index is 0.825. The van der Waals surface area contributed by atoms with E-state index in [1.54, 1.807) is 7.11 Å². The van der Waals surface area contributed by atoms with E-state index in [-0.39, 0.29) is 0 Å². The first-order chi connectivity index (χ1) is 9.76. The van der Waals surface area contributed by atoms with Crippen LogP contribution in [0.4, 0.5) is 11.4 Å². The minimum absolute atomic E-state index is 0.825. The number of nitrogens with two attached hydrogens (primary N) is 1. The second kappa shape index (κ2) is 5.67. The maximum atomic E-state index is 5.92. The normalized spacial score (nSPS) is 13.9. The number of hydrogen-bond donors (Lipinski definition) is 1. The van der Waals surface area contributed by atoms with Gasteiger partial charge < -0.3 is 15.4 Å². The van der Waals surface area contributed by atoms with Gasteiger partial charge in [0.1, 0.15) is 5.75 Å².